The number of nitrogens with two attached hydrogens (primary N) is 1. The van der Waals surface area contributed by atoms with Crippen molar-refractivity contribution in [3.05, 3.63) is 47.1 Å². The summed E-state index contributed by atoms with van der Waals surface area (Å²) in [4.78, 5) is 4.05. The molecule has 2 aromatic rings. The van der Waals surface area contributed by atoms with Crippen molar-refractivity contribution in [2.75, 3.05) is 5.73 Å². The second-order valence-electron chi connectivity index (χ2n) is 2.95. The Hall–Kier alpha value is -1.35. The van der Waals surface area contributed by atoms with Gasteiger partial charge in [0.05, 0.1) is 0 Å². The van der Waals surface area contributed by atoms with Crippen LogP contribution in [-0.2, 0) is 0 Å². The summed E-state index contributed by atoms with van der Waals surface area (Å²) in [6, 6.07) is 11.8. The minimum absolute atomic E-state index is 0.542. The van der Waals surface area contributed by atoms with Gasteiger partial charge in [0.2, 0.25) is 0 Å². The van der Waals surface area contributed by atoms with Crippen molar-refractivity contribution in [3.8, 4) is 11.1 Å². The van der Waals surface area contributed by atoms with Crippen LogP contribution < -0.4 is 5.73 Å². The van der Waals surface area contributed by atoms with Crippen LogP contribution in [0.4, 0.5) is 5.82 Å². The number of nitrogen functional groups attached to an aromatic ring is 1. The molecule has 0 aliphatic rings. The first-order valence-corrected chi connectivity index (χ1v) is 5.03. The smallest absolute Gasteiger partial charge is 0.123 e. The van der Waals surface area contributed by atoms with Crippen molar-refractivity contribution in [1.82, 2.24) is 4.98 Å². The van der Waals surface area contributed by atoms with Crippen molar-refractivity contribution in [2.24, 2.45) is 0 Å². The van der Waals surface area contributed by atoms with Gasteiger partial charge in [0.25, 0.3) is 0 Å². The van der Waals surface area contributed by atoms with Gasteiger partial charge in [-0.1, -0.05) is 34.1 Å². The molecule has 2 N–H and O–H groups in total. The van der Waals surface area contributed by atoms with Gasteiger partial charge >= 0.3 is 0 Å². The molecule has 0 amide bonds. The molecule has 0 fully saturated rings. The van der Waals surface area contributed by atoms with E-state index in [9.17, 15) is 0 Å². The summed E-state index contributed by atoms with van der Waals surface area (Å²) >= 11 is 3.49. The Morgan fingerprint density at radius 2 is 1.86 bits per heavy atom. The standard InChI is InChI=1S/C11H9BrN2/c12-10-4-2-1-3-9(10)8-5-6-11(13)14-7-8/h1-7H,(H2,13,14). The van der Waals surface area contributed by atoms with Crippen LogP contribution in [0, 0.1) is 0 Å². The SMILES string of the molecule is Nc1ccc(-c2ccccc2Br)cn1. The van der Waals surface area contributed by atoms with E-state index in [0.717, 1.165) is 15.6 Å². The average Bonchev–Trinajstić information content (AvgIpc) is 2.20. The first kappa shape index (κ1) is 9.21. The number of pyridine rings is 1. The third kappa shape index (κ3) is 1.77. The molecule has 0 atom stereocenters. The lowest BCUT2D eigenvalue weighted by Crippen LogP contribution is -1.89. The first-order valence-electron chi connectivity index (χ1n) is 4.24. The Morgan fingerprint density at radius 1 is 1.07 bits per heavy atom. The van der Waals surface area contributed by atoms with Crippen molar-refractivity contribution in [3.63, 3.8) is 0 Å². The molecule has 0 aliphatic heterocycles. The van der Waals surface area contributed by atoms with Crippen molar-refractivity contribution in [1.29, 1.82) is 0 Å². The number of anilines is 1. The van der Waals surface area contributed by atoms with Gasteiger partial charge < -0.3 is 5.73 Å². The predicted molar refractivity (Wildman–Crippen MR) is 61.8 cm³/mol. The molecule has 0 radical (unpaired) electrons. The summed E-state index contributed by atoms with van der Waals surface area (Å²) < 4.78 is 1.06. The first-order chi connectivity index (χ1) is 6.77. The summed E-state index contributed by atoms with van der Waals surface area (Å²) in [5.74, 6) is 0.542. The Morgan fingerprint density at radius 3 is 2.50 bits per heavy atom. The largest absolute Gasteiger partial charge is 0.384 e. The Bertz CT molecular complexity index is 437. The molecule has 1 heterocycles. The summed E-state index contributed by atoms with van der Waals surface area (Å²) in [5.41, 5.74) is 7.71. The fourth-order valence-electron chi connectivity index (χ4n) is 1.26. The van der Waals surface area contributed by atoms with Gasteiger partial charge in [0.1, 0.15) is 5.82 Å². The molecule has 2 nitrogen and oxygen atoms in total. The second kappa shape index (κ2) is 3.80. The van der Waals surface area contributed by atoms with Crippen LogP contribution in [0.2, 0.25) is 0 Å². The molecule has 3 heteroatoms. The minimum atomic E-state index is 0.542. The van der Waals surface area contributed by atoms with Crippen molar-refractivity contribution >= 4 is 21.7 Å². The molecule has 0 saturated heterocycles. The molecule has 70 valence electrons. The van der Waals surface area contributed by atoms with Gasteiger partial charge in [-0.05, 0) is 23.8 Å². The zero-order valence-electron chi connectivity index (χ0n) is 7.44. The quantitative estimate of drug-likeness (QED) is 0.843. The second-order valence-corrected chi connectivity index (χ2v) is 3.81. The lowest BCUT2D eigenvalue weighted by atomic mass is 10.1. The predicted octanol–water partition coefficient (Wildman–Crippen LogP) is 3.09. The van der Waals surface area contributed by atoms with E-state index in [1.54, 1.807) is 12.3 Å². The molecule has 0 aliphatic carbocycles. The van der Waals surface area contributed by atoms with Crippen LogP contribution in [0.25, 0.3) is 11.1 Å². The van der Waals surface area contributed by atoms with Crippen LogP contribution in [0.5, 0.6) is 0 Å². The van der Waals surface area contributed by atoms with E-state index in [2.05, 4.69) is 20.9 Å². The van der Waals surface area contributed by atoms with E-state index >= 15 is 0 Å². The molecule has 2 rings (SSSR count). The van der Waals surface area contributed by atoms with Gasteiger partial charge in [-0.15, -0.1) is 0 Å². The molecule has 0 spiro atoms. The molecule has 1 aromatic heterocycles. The lowest BCUT2D eigenvalue weighted by molar-refractivity contribution is 1.33. The molecular weight excluding hydrogens is 240 g/mol. The number of benzene rings is 1. The number of hydrogen-bond donors (Lipinski definition) is 1. The number of nitrogens with zero attached hydrogens (tertiary/aromatic N) is 1. The number of halogens is 1. The van der Waals surface area contributed by atoms with Crippen molar-refractivity contribution < 1.29 is 0 Å². The maximum absolute atomic E-state index is 5.52. The zero-order valence-corrected chi connectivity index (χ0v) is 9.03. The Balaban J connectivity index is 2.50. The molecular formula is C11H9BrN2. The van der Waals surface area contributed by atoms with E-state index in [0.29, 0.717) is 5.82 Å². The fraction of sp³-hybridized carbons (Fsp3) is 0. The summed E-state index contributed by atoms with van der Waals surface area (Å²) in [5, 5.41) is 0. The third-order valence-corrected chi connectivity index (χ3v) is 2.66. The fourth-order valence-corrected chi connectivity index (χ4v) is 1.77. The summed E-state index contributed by atoms with van der Waals surface area (Å²) in [7, 11) is 0. The van der Waals surface area contributed by atoms with Crippen molar-refractivity contribution in [2.45, 2.75) is 0 Å². The van der Waals surface area contributed by atoms with E-state index in [-0.39, 0.29) is 0 Å². The lowest BCUT2D eigenvalue weighted by Gasteiger charge is -2.03. The van der Waals surface area contributed by atoms with Gasteiger partial charge in [0, 0.05) is 16.2 Å². The maximum atomic E-state index is 5.52. The highest BCUT2D eigenvalue weighted by molar-refractivity contribution is 9.10. The van der Waals surface area contributed by atoms with Crippen LogP contribution in [0.3, 0.4) is 0 Å². The minimum Gasteiger partial charge on any atom is -0.384 e. The highest BCUT2D eigenvalue weighted by Crippen LogP contribution is 2.27. The number of aromatic nitrogens is 1. The van der Waals surface area contributed by atoms with Crippen LogP contribution in [-0.4, -0.2) is 4.98 Å². The van der Waals surface area contributed by atoms with Crippen LogP contribution in [0.1, 0.15) is 0 Å². The van der Waals surface area contributed by atoms with Gasteiger partial charge in [-0.25, -0.2) is 4.98 Å². The molecule has 1 aromatic carbocycles. The molecule has 0 unspecified atom stereocenters. The topological polar surface area (TPSA) is 38.9 Å². The van der Waals surface area contributed by atoms with Gasteiger partial charge in [0.15, 0.2) is 0 Å². The normalized spacial score (nSPS) is 10.1. The zero-order chi connectivity index (χ0) is 9.97. The van der Waals surface area contributed by atoms with Crippen LogP contribution in [0.15, 0.2) is 47.1 Å². The van der Waals surface area contributed by atoms with E-state index in [1.807, 2.05) is 30.3 Å². The molecule has 14 heavy (non-hydrogen) atoms. The Kier molecular flexibility index (Phi) is 2.50. The number of hydrogen-bond acceptors (Lipinski definition) is 2. The van der Waals surface area contributed by atoms with E-state index in [1.165, 1.54) is 0 Å². The monoisotopic (exact) mass is 248 g/mol. The summed E-state index contributed by atoms with van der Waals surface area (Å²) in [6.45, 7) is 0. The average molecular weight is 249 g/mol. The van der Waals surface area contributed by atoms with E-state index < -0.39 is 0 Å². The van der Waals surface area contributed by atoms with Gasteiger partial charge in [-0.3, -0.25) is 0 Å². The molecule has 0 saturated carbocycles. The third-order valence-electron chi connectivity index (χ3n) is 1.97. The number of rotatable bonds is 1. The highest BCUT2D eigenvalue weighted by atomic mass is 79.9. The van der Waals surface area contributed by atoms with Gasteiger partial charge in [-0.2, -0.15) is 0 Å². The molecule has 0 bridgehead atoms. The maximum Gasteiger partial charge on any atom is 0.123 e. The van der Waals surface area contributed by atoms with E-state index in [4.69, 9.17) is 5.73 Å². The Labute approximate surface area is 90.9 Å². The highest BCUT2D eigenvalue weighted by Gasteiger charge is 2.01. The van der Waals surface area contributed by atoms with Crippen LogP contribution >= 0.6 is 15.9 Å². The summed E-state index contributed by atoms with van der Waals surface area (Å²) in [6.07, 6.45) is 1.77.